The Morgan fingerprint density at radius 3 is 2.76 bits per heavy atom. The Bertz CT molecular complexity index is 1110. The van der Waals surface area contributed by atoms with Crippen LogP contribution in [0.2, 0.25) is 10.0 Å². The molecule has 0 amide bonds. The summed E-state index contributed by atoms with van der Waals surface area (Å²) in [5.41, 5.74) is 2.84. The van der Waals surface area contributed by atoms with Crippen molar-refractivity contribution in [3.8, 4) is 0 Å². The Hall–Kier alpha value is -2.11. The van der Waals surface area contributed by atoms with Crippen molar-refractivity contribution >= 4 is 40.1 Å². The molecule has 0 spiro atoms. The van der Waals surface area contributed by atoms with E-state index >= 15 is 0 Å². The Balaban J connectivity index is 1.93. The lowest BCUT2D eigenvalue weighted by molar-refractivity contribution is -0.141. The van der Waals surface area contributed by atoms with Crippen molar-refractivity contribution in [2.75, 3.05) is 7.11 Å². The van der Waals surface area contributed by atoms with Crippen LogP contribution in [0.15, 0.2) is 30.3 Å². The normalized spacial score (nSPS) is 16.1. The number of esters is 1. The summed E-state index contributed by atoms with van der Waals surface area (Å²) >= 11 is 12.4. The number of hydrogen-bond acceptors (Lipinski definition) is 2. The highest BCUT2D eigenvalue weighted by Gasteiger charge is 2.31. The Morgan fingerprint density at radius 2 is 2.03 bits per heavy atom. The fraction of sp³-hybridized carbons (Fsp3) is 0.318. The number of ether oxygens (including phenoxy) is 1. The standard InChI is InChI=1S/C22H19Cl2F2NO2/c1-29-20(28)7-12-3-2-4-16-17-9-15(25)10-19(26)22(17)27(21(12)16)11-13-5-6-14(23)8-18(13)24/h5-6,8-10,12H,2-4,7,11H2,1H3. The van der Waals surface area contributed by atoms with Gasteiger partial charge in [0.05, 0.1) is 19.0 Å². The molecule has 0 N–H and O–H groups in total. The van der Waals surface area contributed by atoms with Crippen LogP contribution in [0.4, 0.5) is 8.78 Å². The lowest BCUT2D eigenvalue weighted by atomic mass is 9.84. The van der Waals surface area contributed by atoms with Crippen molar-refractivity contribution in [3.05, 3.63) is 68.8 Å². The van der Waals surface area contributed by atoms with Crippen LogP contribution in [0.5, 0.6) is 0 Å². The highest BCUT2D eigenvalue weighted by molar-refractivity contribution is 6.35. The number of benzene rings is 2. The van der Waals surface area contributed by atoms with E-state index in [1.165, 1.54) is 13.2 Å². The van der Waals surface area contributed by atoms with E-state index in [-0.39, 0.29) is 18.3 Å². The van der Waals surface area contributed by atoms with Gasteiger partial charge in [0.1, 0.15) is 11.6 Å². The molecule has 3 aromatic rings. The van der Waals surface area contributed by atoms with E-state index in [1.54, 1.807) is 18.2 Å². The molecule has 3 nitrogen and oxygen atoms in total. The quantitative estimate of drug-likeness (QED) is 0.451. The number of halogens is 4. The molecule has 0 aliphatic heterocycles. The van der Waals surface area contributed by atoms with Crippen LogP contribution in [0.3, 0.4) is 0 Å². The molecule has 0 saturated heterocycles. The second-order valence-corrected chi connectivity index (χ2v) is 8.18. The maximum atomic E-state index is 14.9. The van der Waals surface area contributed by atoms with E-state index in [9.17, 15) is 13.6 Å². The smallest absolute Gasteiger partial charge is 0.306 e. The van der Waals surface area contributed by atoms with Gasteiger partial charge < -0.3 is 9.30 Å². The lowest BCUT2D eigenvalue weighted by Gasteiger charge is -2.25. The Kier molecular flexibility index (Phi) is 5.54. The molecule has 1 atom stereocenters. The van der Waals surface area contributed by atoms with E-state index in [2.05, 4.69) is 0 Å². The van der Waals surface area contributed by atoms with Crippen molar-refractivity contribution in [1.29, 1.82) is 0 Å². The molecule has 2 aromatic carbocycles. The predicted octanol–water partition coefficient (Wildman–Crippen LogP) is 6.26. The lowest BCUT2D eigenvalue weighted by Crippen LogP contribution is -2.18. The van der Waals surface area contributed by atoms with Crippen LogP contribution >= 0.6 is 23.2 Å². The summed E-state index contributed by atoms with van der Waals surface area (Å²) in [6, 6.07) is 7.42. The minimum Gasteiger partial charge on any atom is -0.469 e. The minimum absolute atomic E-state index is 0.132. The highest BCUT2D eigenvalue weighted by atomic mass is 35.5. The molecule has 1 unspecified atom stereocenters. The van der Waals surface area contributed by atoms with E-state index < -0.39 is 11.6 Å². The van der Waals surface area contributed by atoms with Gasteiger partial charge in [0.2, 0.25) is 0 Å². The summed E-state index contributed by atoms with van der Waals surface area (Å²) in [7, 11) is 1.35. The molecule has 4 rings (SSSR count). The van der Waals surface area contributed by atoms with Crippen molar-refractivity contribution < 1.29 is 18.3 Å². The average molecular weight is 438 g/mol. The molecular weight excluding hydrogens is 419 g/mol. The summed E-state index contributed by atoms with van der Waals surface area (Å²) in [5.74, 6) is -1.70. The SMILES string of the molecule is COC(=O)CC1CCCc2c1n(Cc1ccc(Cl)cc1Cl)c1c(F)cc(F)cc21. The number of aromatic nitrogens is 1. The predicted molar refractivity (Wildman–Crippen MR) is 110 cm³/mol. The first-order valence-corrected chi connectivity index (χ1v) is 10.2. The molecule has 152 valence electrons. The number of carbonyl (C=O) groups is 1. The van der Waals surface area contributed by atoms with Crippen molar-refractivity contribution in [2.24, 2.45) is 0 Å². The summed E-state index contributed by atoms with van der Waals surface area (Å²) < 4.78 is 35.6. The zero-order valence-electron chi connectivity index (χ0n) is 15.8. The van der Waals surface area contributed by atoms with Gasteiger partial charge in [-0.3, -0.25) is 4.79 Å². The van der Waals surface area contributed by atoms with Gasteiger partial charge in [0.25, 0.3) is 0 Å². The number of rotatable bonds is 4. The Morgan fingerprint density at radius 1 is 1.24 bits per heavy atom. The molecule has 1 aliphatic rings. The van der Waals surface area contributed by atoms with Crippen LogP contribution in [0, 0.1) is 11.6 Å². The maximum Gasteiger partial charge on any atom is 0.306 e. The number of fused-ring (bicyclic) bond motifs is 3. The summed E-state index contributed by atoms with van der Waals surface area (Å²) in [6.07, 6.45) is 2.51. The number of aryl methyl sites for hydroxylation is 1. The van der Waals surface area contributed by atoms with Gasteiger partial charge in [-0.1, -0.05) is 29.3 Å². The summed E-state index contributed by atoms with van der Waals surface area (Å²) in [4.78, 5) is 12.0. The average Bonchev–Trinajstić information content (AvgIpc) is 2.98. The van der Waals surface area contributed by atoms with Crippen LogP contribution in [0.25, 0.3) is 10.9 Å². The minimum atomic E-state index is -0.628. The van der Waals surface area contributed by atoms with Crippen LogP contribution in [-0.4, -0.2) is 17.6 Å². The maximum absolute atomic E-state index is 14.9. The number of carbonyl (C=O) groups excluding carboxylic acids is 1. The molecule has 1 aliphatic carbocycles. The van der Waals surface area contributed by atoms with E-state index in [1.807, 2.05) is 4.57 Å². The highest BCUT2D eigenvalue weighted by Crippen LogP contribution is 2.42. The van der Waals surface area contributed by atoms with Gasteiger partial charge in [-0.25, -0.2) is 8.78 Å². The van der Waals surface area contributed by atoms with Gasteiger partial charge in [-0.15, -0.1) is 0 Å². The van der Waals surface area contributed by atoms with Gasteiger partial charge in [-0.2, -0.15) is 0 Å². The fourth-order valence-corrected chi connectivity index (χ4v) is 4.82. The second-order valence-electron chi connectivity index (χ2n) is 7.34. The second kappa shape index (κ2) is 7.96. The van der Waals surface area contributed by atoms with Crippen molar-refractivity contribution in [2.45, 2.75) is 38.1 Å². The number of hydrogen-bond donors (Lipinski definition) is 0. The van der Waals surface area contributed by atoms with Gasteiger partial charge in [0, 0.05) is 39.7 Å². The summed E-state index contributed by atoms with van der Waals surface area (Å²) in [5, 5.41) is 1.53. The van der Waals surface area contributed by atoms with Crippen molar-refractivity contribution in [3.63, 3.8) is 0 Å². The van der Waals surface area contributed by atoms with E-state index in [0.717, 1.165) is 35.7 Å². The van der Waals surface area contributed by atoms with Crippen LogP contribution < -0.4 is 0 Å². The third-order valence-electron chi connectivity index (χ3n) is 5.57. The summed E-state index contributed by atoms with van der Waals surface area (Å²) in [6.45, 7) is 0.294. The van der Waals surface area contributed by atoms with Crippen LogP contribution in [-0.2, 0) is 22.5 Å². The molecule has 0 fully saturated rings. The Labute approximate surface area is 177 Å². The monoisotopic (exact) mass is 437 g/mol. The molecule has 1 aromatic heterocycles. The zero-order valence-corrected chi connectivity index (χ0v) is 17.3. The first-order valence-electron chi connectivity index (χ1n) is 9.39. The first kappa shape index (κ1) is 20.2. The zero-order chi connectivity index (χ0) is 20.7. The number of nitrogens with zero attached hydrogens (tertiary/aromatic N) is 1. The van der Waals surface area contributed by atoms with E-state index in [4.69, 9.17) is 27.9 Å². The number of methoxy groups -OCH3 is 1. The molecule has 7 heteroatoms. The van der Waals surface area contributed by atoms with Gasteiger partial charge >= 0.3 is 5.97 Å². The largest absolute Gasteiger partial charge is 0.469 e. The molecule has 29 heavy (non-hydrogen) atoms. The fourth-order valence-electron chi connectivity index (χ4n) is 4.35. The van der Waals surface area contributed by atoms with E-state index in [0.29, 0.717) is 33.9 Å². The molecular formula is C22H19Cl2F2NO2. The molecule has 1 heterocycles. The van der Waals surface area contributed by atoms with Crippen molar-refractivity contribution in [1.82, 2.24) is 4.57 Å². The molecule has 0 radical (unpaired) electrons. The molecule has 0 saturated carbocycles. The first-order chi connectivity index (χ1) is 13.9. The van der Waals surface area contributed by atoms with Gasteiger partial charge in [0.15, 0.2) is 0 Å². The third-order valence-corrected chi connectivity index (χ3v) is 6.16. The molecule has 0 bridgehead atoms. The van der Waals surface area contributed by atoms with Gasteiger partial charge in [-0.05, 0) is 48.6 Å². The van der Waals surface area contributed by atoms with Crippen LogP contribution in [0.1, 0.15) is 42.0 Å². The topological polar surface area (TPSA) is 31.2 Å². The third kappa shape index (κ3) is 3.74.